The minimum atomic E-state index is -1.11. The van der Waals surface area contributed by atoms with E-state index in [1.807, 2.05) is 60.7 Å². The van der Waals surface area contributed by atoms with E-state index in [9.17, 15) is 4.21 Å². The number of terminal acetylenes is 1. The van der Waals surface area contributed by atoms with Crippen molar-refractivity contribution >= 4 is 10.8 Å². The molecule has 2 aromatic rings. The summed E-state index contributed by atoms with van der Waals surface area (Å²) in [7, 11) is -1.11. The second-order valence-electron chi connectivity index (χ2n) is 3.92. The first-order valence-corrected chi connectivity index (χ1v) is 6.98. The molecule has 0 aliphatic carbocycles. The molecule has 0 unspecified atom stereocenters. The Bertz CT molecular complexity index is 555. The molecule has 2 atom stereocenters. The number of hydrogen-bond acceptors (Lipinski definition) is 1. The van der Waals surface area contributed by atoms with E-state index in [2.05, 4.69) is 5.92 Å². The molecule has 0 saturated carbocycles. The van der Waals surface area contributed by atoms with Gasteiger partial charge in [0.1, 0.15) is 0 Å². The largest absolute Gasteiger partial charge is 0.254 e. The second-order valence-corrected chi connectivity index (χ2v) is 5.55. The second kappa shape index (κ2) is 6.18. The van der Waals surface area contributed by atoms with Crippen LogP contribution in [0.5, 0.6) is 0 Å². The summed E-state index contributed by atoms with van der Waals surface area (Å²) in [6.07, 6.45) is 5.88. The van der Waals surface area contributed by atoms with Gasteiger partial charge in [0.05, 0.1) is 16.0 Å². The predicted octanol–water partition coefficient (Wildman–Crippen LogP) is 3.56. The molecular weight excluding hydrogens is 240 g/mol. The molecule has 1 nitrogen and oxygen atoms in total. The molecule has 18 heavy (non-hydrogen) atoms. The van der Waals surface area contributed by atoms with E-state index < -0.39 is 10.8 Å². The Morgan fingerprint density at radius 2 is 1.56 bits per heavy atom. The third-order valence-electron chi connectivity index (χ3n) is 2.71. The SMILES string of the molecule is C#CC[C@H](c1ccccc1)[S@@](=O)c1ccccc1. The lowest BCUT2D eigenvalue weighted by Crippen LogP contribution is -2.06. The molecule has 2 aromatic carbocycles. The lowest BCUT2D eigenvalue weighted by Gasteiger charge is -2.14. The molecule has 2 heteroatoms. The standard InChI is InChI=1S/C16H14OS/c1-2-9-16(14-10-5-3-6-11-14)18(17)15-12-7-4-8-13-15/h1,3-8,10-13,16H,9H2/t16-,18+/m1/s1. The third kappa shape index (κ3) is 2.88. The quantitative estimate of drug-likeness (QED) is 0.762. The fraction of sp³-hybridized carbons (Fsp3) is 0.125. The molecule has 90 valence electrons. The van der Waals surface area contributed by atoms with E-state index in [0.717, 1.165) is 10.5 Å². The maximum atomic E-state index is 12.6. The van der Waals surface area contributed by atoms with Crippen LogP contribution in [0, 0.1) is 12.3 Å². The molecule has 0 radical (unpaired) electrons. The van der Waals surface area contributed by atoms with Crippen LogP contribution in [0.4, 0.5) is 0 Å². The van der Waals surface area contributed by atoms with Gasteiger partial charge in [0.15, 0.2) is 0 Å². The predicted molar refractivity (Wildman–Crippen MR) is 75.5 cm³/mol. The molecular formula is C16H14OS. The summed E-state index contributed by atoms with van der Waals surface area (Å²) in [6.45, 7) is 0. The topological polar surface area (TPSA) is 17.1 Å². The Hall–Kier alpha value is -1.85. The Morgan fingerprint density at radius 3 is 2.11 bits per heavy atom. The minimum Gasteiger partial charge on any atom is -0.254 e. The molecule has 0 aliphatic rings. The first-order valence-electron chi connectivity index (χ1n) is 5.77. The van der Waals surface area contributed by atoms with Gasteiger partial charge in [0.25, 0.3) is 0 Å². The van der Waals surface area contributed by atoms with Crippen LogP contribution in [0.1, 0.15) is 17.2 Å². The monoisotopic (exact) mass is 254 g/mol. The van der Waals surface area contributed by atoms with Crippen molar-refractivity contribution in [2.75, 3.05) is 0 Å². The zero-order chi connectivity index (χ0) is 12.8. The van der Waals surface area contributed by atoms with Gasteiger partial charge in [-0.05, 0) is 17.7 Å². The highest BCUT2D eigenvalue weighted by molar-refractivity contribution is 7.85. The van der Waals surface area contributed by atoms with Gasteiger partial charge in [-0.25, -0.2) is 0 Å². The minimum absolute atomic E-state index is 0.140. The van der Waals surface area contributed by atoms with E-state index in [0.29, 0.717) is 6.42 Å². The first kappa shape index (κ1) is 12.6. The van der Waals surface area contributed by atoms with Crippen LogP contribution < -0.4 is 0 Å². The summed E-state index contributed by atoms with van der Waals surface area (Å²) in [5.41, 5.74) is 1.03. The van der Waals surface area contributed by atoms with Crippen LogP contribution in [0.25, 0.3) is 0 Å². The molecule has 0 amide bonds. The normalized spacial score (nSPS) is 13.5. The van der Waals surface area contributed by atoms with E-state index >= 15 is 0 Å². The van der Waals surface area contributed by atoms with Gasteiger partial charge in [-0.2, -0.15) is 0 Å². The fourth-order valence-corrected chi connectivity index (χ4v) is 3.22. The number of hydrogen-bond donors (Lipinski definition) is 0. The molecule has 2 rings (SSSR count). The van der Waals surface area contributed by atoms with Crippen molar-refractivity contribution in [3.8, 4) is 12.3 Å². The highest BCUT2D eigenvalue weighted by atomic mass is 32.2. The van der Waals surface area contributed by atoms with Crippen LogP contribution in [-0.4, -0.2) is 4.21 Å². The summed E-state index contributed by atoms with van der Waals surface area (Å²) >= 11 is 0. The Labute approximate surface area is 110 Å². The summed E-state index contributed by atoms with van der Waals surface area (Å²) in [6, 6.07) is 19.2. The molecule has 0 aliphatic heterocycles. The Kier molecular flexibility index (Phi) is 4.33. The first-order chi connectivity index (χ1) is 8.83. The van der Waals surface area contributed by atoms with Crippen molar-refractivity contribution < 1.29 is 4.21 Å². The fourth-order valence-electron chi connectivity index (χ4n) is 1.81. The van der Waals surface area contributed by atoms with Crippen molar-refractivity contribution in [3.05, 3.63) is 66.2 Å². The Morgan fingerprint density at radius 1 is 1.00 bits per heavy atom. The van der Waals surface area contributed by atoms with Gasteiger partial charge < -0.3 is 0 Å². The smallest absolute Gasteiger partial charge is 0.0752 e. The van der Waals surface area contributed by atoms with Crippen molar-refractivity contribution in [3.63, 3.8) is 0 Å². The van der Waals surface area contributed by atoms with Crippen molar-refractivity contribution in [2.45, 2.75) is 16.6 Å². The van der Waals surface area contributed by atoms with Gasteiger partial charge in [0.2, 0.25) is 0 Å². The van der Waals surface area contributed by atoms with Crippen molar-refractivity contribution in [1.29, 1.82) is 0 Å². The third-order valence-corrected chi connectivity index (χ3v) is 4.40. The van der Waals surface area contributed by atoms with Crippen LogP contribution in [0.3, 0.4) is 0 Å². The van der Waals surface area contributed by atoms with Crippen LogP contribution in [0.15, 0.2) is 65.6 Å². The van der Waals surface area contributed by atoms with Gasteiger partial charge in [-0.3, -0.25) is 4.21 Å². The zero-order valence-electron chi connectivity index (χ0n) is 9.95. The van der Waals surface area contributed by atoms with Crippen LogP contribution >= 0.6 is 0 Å². The highest BCUT2D eigenvalue weighted by Crippen LogP contribution is 2.27. The van der Waals surface area contributed by atoms with Crippen LogP contribution in [-0.2, 0) is 10.8 Å². The zero-order valence-corrected chi connectivity index (χ0v) is 10.8. The van der Waals surface area contributed by atoms with Gasteiger partial charge in [-0.15, -0.1) is 12.3 Å². The molecule has 0 aromatic heterocycles. The van der Waals surface area contributed by atoms with Gasteiger partial charge >= 0.3 is 0 Å². The molecule has 0 saturated heterocycles. The average molecular weight is 254 g/mol. The van der Waals surface area contributed by atoms with E-state index in [1.165, 1.54) is 0 Å². The summed E-state index contributed by atoms with van der Waals surface area (Å²) in [4.78, 5) is 0.821. The Balaban J connectivity index is 2.32. The number of benzene rings is 2. The van der Waals surface area contributed by atoms with E-state index in [1.54, 1.807) is 0 Å². The van der Waals surface area contributed by atoms with Gasteiger partial charge in [-0.1, -0.05) is 48.5 Å². The van der Waals surface area contributed by atoms with Crippen molar-refractivity contribution in [2.24, 2.45) is 0 Å². The molecule has 0 fully saturated rings. The molecule has 0 N–H and O–H groups in total. The van der Waals surface area contributed by atoms with Crippen molar-refractivity contribution in [1.82, 2.24) is 0 Å². The molecule has 0 heterocycles. The highest BCUT2D eigenvalue weighted by Gasteiger charge is 2.19. The maximum absolute atomic E-state index is 12.6. The van der Waals surface area contributed by atoms with Crippen LogP contribution in [0.2, 0.25) is 0 Å². The lowest BCUT2D eigenvalue weighted by atomic mass is 10.1. The van der Waals surface area contributed by atoms with E-state index in [4.69, 9.17) is 6.42 Å². The average Bonchev–Trinajstić information content (AvgIpc) is 2.46. The van der Waals surface area contributed by atoms with E-state index in [-0.39, 0.29) is 5.25 Å². The molecule has 0 bridgehead atoms. The van der Waals surface area contributed by atoms with Gasteiger partial charge in [0, 0.05) is 11.3 Å². The maximum Gasteiger partial charge on any atom is 0.0752 e. The lowest BCUT2D eigenvalue weighted by molar-refractivity contribution is 0.673. The molecule has 0 spiro atoms. The summed E-state index contributed by atoms with van der Waals surface area (Å²) in [5, 5.41) is -0.140. The number of rotatable bonds is 4. The summed E-state index contributed by atoms with van der Waals surface area (Å²) in [5.74, 6) is 2.62. The summed E-state index contributed by atoms with van der Waals surface area (Å²) < 4.78 is 12.6.